The fourth-order valence-corrected chi connectivity index (χ4v) is 3.18. The number of rotatable bonds is 4. The first kappa shape index (κ1) is 17.5. The van der Waals surface area contributed by atoms with E-state index in [-0.39, 0.29) is 17.3 Å². The van der Waals surface area contributed by atoms with E-state index in [9.17, 15) is 13.6 Å². The molecule has 0 amide bonds. The standard InChI is InChI=1S/C18H22F2N4O/c1-23(2)18-21-16(10-17(25)22-18)12-5-7-24(8-6-12)11-13-9-14(19)3-4-15(13)20/h3-4,9-10,12H,5-8,11H2,1-2H3,(H,21,22,25). The van der Waals surface area contributed by atoms with Gasteiger partial charge in [-0.1, -0.05) is 0 Å². The molecule has 0 bridgehead atoms. The molecule has 0 spiro atoms. The molecule has 134 valence electrons. The van der Waals surface area contributed by atoms with Gasteiger partial charge in [-0.2, -0.15) is 0 Å². The summed E-state index contributed by atoms with van der Waals surface area (Å²) in [6, 6.07) is 5.11. The average Bonchev–Trinajstić information content (AvgIpc) is 2.58. The van der Waals surface area contributed by atoms with Gasteiger partial charge in [0.2, 0.25) is 5.95 Å². The van der Waals surface area contributed by atoms with Gasteiger partial charge in [-0.15, -0.1) is 0 Å². The van der Waals surface area contributed by atoms with Crippen LogP contribution in [0.3, 0.4) is 0 Å². The first-order valence-electron chi connectivity index (χ1n) is 8.37. The minimum atomic E-state index is -0.421. The topological polar surface area (TPSA) is 52.2 Å². The number of anilines is 1. The van der Waals surface area contributed by atoms with Gasteiger partial charge in [-0.3, -0.25) is 14.7 Å². The van der Waals surface area contributed by atoms with Gasteiger partial charge in [0.25, 0.3) is 5.56 Å². The van der Waals surface area contributed by atoms with Crippen LogP contribution < -0.4 is 10.5 Å². The summed E-state index contributed by atoms with van der Waals surface area (Å²) in [4.78, 5) is 22.9. The van der Waals surface area contributed by atoms with Crippen molar-refractivity contribution in [3.05, 3.63) is 57.5 Å². The summed E-state index contributed by atoms with van der Waals surface area (Å²) in [5.74, 6) is -0.0491. The SMILES string of the molecule is CN(C)c1nc(C2CCN(Cc3cc(F)ccc3F)CC2)cc(=O)[nH]1. The van der Waals surface area contributed by atoms with E-state index in [0.717, 1.165) is 37.7 Å². The quantitative estimate of drug-likeness (QED) is 0.922. The van der Waals surface area contributed by atoms with E-state index in [1.54, 1.807) is 11.0 Å². The second kappa shape index (κ2) is 7.31. The predicted molar refractivity (Wildman–Crippen MR) is 92.8 cm³/mol. The number of hydrogen-bond acceptors (Lipinski definition) is 4. The van der Waals surface area contributed by atoms with Crippen LogP contribution in [0.5, 0.6) is 0 Å². The molecular weight excluding hydrogens is 326 g/mol. The number of aromatic nitrogens is 2. The summed E-state index contributed by atoms with van der Waals surface area (Å²) >= 11 is 0. The minimum absolute atomic E-state index is 0.155. The molecule has 0 unspecified atom stereocenters. The van der Waals surface area contributed by atoms with Crippen molar-refractivity contribution in [3.63, 3.8) is 0 Å². The molecule has 0 radical (unpaired) electrons. The van der Waals surface area contributed by atoms with Crippen LogP contribution in [0.25, 0.3) is 0 Å². The Bertz CT molecular complexity index is 798. The number of piperidine rings is 1. The number of halogens is 2. The molecule has 1 aliphatic rings. The number of H-pyrrole nitrogens is 1. The van der Waals surface area contributed by atoms with Gasteiger partial charge in [0, 0.05) is 38.2 Å². The molecule has 1 fully saturated rings. The molecule has 1 saturated heterocycles. The summed E-state index contributed by atoms with van der Waals surface area (Å²) < 4.78 is 27.1. The minimum Gasteiger partial charge on any atom is -0.348 e. The van der Waals surface area contributed by atoms with Crippen molar-refractivity contribution in [1.29, 1.82) is 0 Å². The van der Waals surface area contributed by atoms with E-state index in [1.807, 2.05) is 14.1 Å². The monoisotopic (exact) mass is 348 g/mol. The van der Waals surface area contributed by atoms with E-state index >= 15 is 0 Å². The molecule has 2 heterocycles. The molecule has 1 aromatic carbocycles. The maximum atomic E-state index is 13.8. The Morgan fingerprint density at radius 1 is 1.24 bits per heavy atom. The lowest BCUT2D eigenvalue weighted by atomic mass is 9.93. The number of nitrogens with zero attached hydrogens (tertiary/aromatic N) is 3. The highest BCUT2D eigenvalue weighted by atomic mass is 19.1. The summed E-state index contributed by atoms with van der Waals surface area (Å²) in [5.41, 5.74) is 1.02. The average molecular weight is 348 g/mol. The van der Waals surface area contributed by atoms with Gasteiger partial charge >= 0.3 is 0 Å². The van der Waals surface area contributed by atoms with Gasteiger partial charge in [0.1, 0.15) is 11.6 Å². The molecule has 0 saturated carbocycles. The van der Waals surface area contributed by atoms with Crippen molar-refractivity contribution in [2.24, 2.45) is 0 Å². The highest BCUT2D eigenvalue weighted by Crippen LogP contribution is 2.27. The zero-order valence-corrected chi connectivity index (χ0v) is 14.4. The molecule has 0 aliphatic carbocycles. The van der Waals surface area contributed by atoms with Crippen LogP contribution in [0.1, 0.15) is 30.0 Å². The van der Waals surface area contributed by atoms with Crippen LogP contribution in [0.4, 0.5) is 14.7 Å². The fraction of sp³-hybridized carbons (Fsp3) is 0.444. The molecule has 7 heteroatoms. The maximum Gasteiger partial charge on any atom is 0.252 e. The van der Waals surface area contributed by atoms with Crippen molar-refractivity contribution >= 4 is 5.95 Å². The summed E-state index contributed by atoms with van der Waals surface area (Å²) in [6.45, 7) is 1.90. The maximum absolute atomic E-state index is 13.8. The van der Waals surface area contributed by atoms with Crippen molar-refractivity contribution in [2.75, 3.05) is 32.1 Å². The third-order valence-corrected chi connectivity index (χ3v) is 4.58. The molecular formula is C18H22F2N4O. The zero-order chi connectivity index (χ0) is 18.0. The molecule has 1 N–H and O–H groups in total. The van der Waals surface area contributed by atoms with E-state index in [4.69, 9.17) is 0 Å². The Labute approximate surface area is 145 Å². The Morgan fingerprint density at radius 2 is 1.96 bits per heavy atom. The predicted octanol–water partition coefficient (Wildman–Crippen LogP) is 2.49. The van der Waals surface area contributed by atoms with Crippen LogP contribution in [-0.2, 0) is 6.54 Å². The number of likely N-dealkylation sites (tertiary alicyclic amines) is 1. The van der Waals surface area contributed by atoms with Gasteiger partial charge < -0.3 is 4.90 Å². The number of benzene rings is 1. The van der Waals surface area contributed by atoms with E-state index in [2.05, 4.69) is 14.9 Å². The van der Waals surface area contributed by atoms with Crippen LogP contribution in [0.2, 0.25) is 0 Å². The van der Waals surface area contributed by atoms with Crippen LogP contribution in [0.15, 0.2) is 29.1 Å². The molecule has 2 aromatic rings. The zero-order valence-electron chi connectivity index (χ0n) is 14.4. The third-order valence-electron chi connectivity index (χ3n) is 4.58. The number of hydrogen-bond donors (Lipinski definition) is 1. The Balaban J connectivity index is 1.66. The van der Waals surface area contributed by atoms with E-state index < -0.39 is 5.82 Å². The Kier molecular flexibility index (Phi) is 5.13. The van der Waals surface area contributed by atoms with Crippen LogP contribution in [0, 0.1) is 11.6 Å². The molecule has 1 aliphatic heterocycles. The first-order valence-corrected chi connectivity index (χ1v) is 8.37. The van der Waals surface area contributed by atoms with Crippen LogP contribution >= 0.6 is 0 Å². The Hall–Kier alpha value is -2.28. The van der Waals surface area contributed by atoms with E-state index in [1.165, 1.54) is 12.1 Å². The van der Waals surface area contributed by atoms with Crippen molar-refractivity contribution < 1.29 is 8.78 Å². The summed E-state index contributed by atoms with van der Waals surface area (Å²) in [6.07, 6.45) is 1.67. The van der Waals surface area contributed by atoms with E-state index in [0.29, 0.717) is 18.1 Å². The second-order valence-corrected chi connectivity index (χ2v) is 6.67. The molecule has 3 rings (SSSR count). The van der Waals surface area contributed by atoms with Crippen molar-refractivity contribution in [2.45, 2.75) is 25.3 Å². The molecule has 0 atom stereocenters. The lowest BCUT2D eigenvalue weighted by Gasteiger charge is -2.32. The van der Waals surface area contributed by atoms with Gasteiger partial charge in [0.15, 0.2) is 0 Å². The molecule has 25 heavy (non-hydrogen) atoms. The molecule has 5 nitrogen and oxygen atoms in total. The number of nitrogens with one attached hydrogen (secondary N) is 1. The summed E-state index contributed by atoms with van der Waals surface area (Å²) in [5, 5.41) is 0. The lowest BCUT2D eigenvalue weighted by molar-refractivity contribution is 0.201. The molecule has 1 aromatic heterocycles. The lowest BCUT2D eigenvalue weighted by Crippen LogP contribution is -2.33. The summed E-state index contributed by atoms with van der Waals surface area (Å²) in [7, 11) is 3.66. The van der Waals surface area contributed by atoms with Gasteiger partial charge in [0.05, 0.1) is 5.69 Å². The second-order valence-electron chi connectivity index (χ2n) is 6.67. The fourth-order valence-electron chi connectivity index (χ4n) is 3.18. The van der Waals surface area contributed by atoms with Gasteiger partial charge in [-0.25, -0.2) is 13.8 Å². The highest BCUT2D eigenvalue weighted by Gasteiger charge is 2.23. The normalized spacial score (nSPS) is 16.2. The number of aromatic amines is 1. The van der Waals surface area contributed by atoms with Crippen LogP contribution in [-0.4, -0.2) is 42.1 Å². The van der Waals surface area contributed by atoms with Gasteiger partial charge in [-0.05, 0) is 44.1 Å². The van der Waals surface area contributed by atoms with Crippen molar-refractivity contribution in [3.8, 4) is 0 Å². The highest BCUT2D eigenvalue weighted by molar-refractivity contribution is 5.28. The first-order chi connectivity index (χ1) is 11.9. The van der Waals surface area contributed by atoms with Crippen molar-refractivity contribution in [1.82, 2.24) is 14.9 Å². The third kappa shape index (κ3) is 4.22. The largest absolute Gasteiger partial charge is 0.348 e. The smallest absolute Gasteiger partial charge is 0.252 e. The Morgan fingerprint density at radius 3 is 2.64 bits per heavy atom.